The average Bonchev–Trinajstić information content (AvgIpc) is 2.58. The van der Waals surface area contributed by atoms with Crippen molar-refractivity contribution in [3.05, 3.63) is 44.8 Å². The first-order valence-electron chi connectivity index (χ1n) is 4.55. The molecule has 1 aromatic rings. The van der Waals surface area contributed by atoms with Gasteiger partial charge >= 0.3 is 0 Å². The molecule has 7 heteroatoms. The van der Waals surface area contributed by atoms with Crippen molar-refractivity contribution in [2.75, 3.05) is 0 Å². The maximum Gasteiger partial charge on any atom is 0.270 e. The summed E-state index contributed by atoms with van der Waals surface area (Å²) in [4.78, 5) is 21.9. The minimum atomic E-state index is -0.478. The second-order valence-corrected chi connectivity index (χ2v) is 4.92. The molecule has 1 N–H and O–H groups in total. The van der Waals surface area contributed by atoms with Crippen molar-refractivity contribution in [2.24, 2.45) is 0 Å². The topological polar surface area (TPSA) is 72.2 Å². The minimum absolute atomic E-state index is 0.00895. The lowest BCUT2D eigenvalue weighted by atomic mass is 10.2. The van der Waals surface area contributed by atoms with Gasteiger partial charge in [0.2, 0.25) is 0 Å². The van der Waals surface area contributed by atoms with E-state index < -0.39 is 4.92 Å². The van der Waals surface area contributed by atoms with Crippen molar-refractivity contribution < 1.29 is 9.72 Å². The molecule has 1 aromatic carbocycles. The number of amides is 1. The number of hydrogen-bond donors (Lipinski definition) is 1. The van der Waals surface area contributed by atoms with Gasteiger partial charge in [0.15, 0.2) is 0 Å². The van der Waals surface area contributed by atoms with E-state index in [0.717, 1.165) is 11.8 Å². The van der Waals surface area contributed by atoms with Crippen LogP contribution in [0, 0.1) is 10.1 Å². The summed E-state index contributed by atoms with van der Waals surface area (Å²) >= 11 is 5.98. The second kappa shape index (κ2) is 4.64. The van der Waals surface area contributed by atoms with E-state index in [0.29, 0.717) is 14.8 Å². The van der Waals surface area contributed by atoms with Gasteiger partial charge in [0, 0.05) is 12.1 Å². The molecule has 1 aliphatic heterocycles. The zero-order valence-corrected chi connectivity index (χ0v) is 10.0. The van der Waals surface area contributed by atoms with Gasteiger partial charge in [-0.25, -0.2) is 0 Å². The van der Waals surface area contributed by atoms with Gasteiger partial charge in [0.1, 0.15) is 4.32 Å². The Morgan fingerprint density at radius 1 is 1.47 bits per heavy atom. The molecule has 1 amide bonds. The molecule has 1 saturated heterocycles. The Hall–Kier alpha value is -1.73. The van der Waals surface area contributed by atoms with E-state index in [1.54, 1.807) is 18.2 Å². The van der Waals surface area contributed by atoms with Gasteiger partial charge < -0.3 is 5.32 Å². The highest BCUT2D eigenvalue weighted by atomic mass is 32.2. The van der Waals surface area contributed by atoms with Crippen LogP contribution >= 0.6 is 24.0 Å². The molecule has 86 valence electrons. The van der Waals surface area contributed by atoms with Crippen molar-refractivity contribution >= 4 is 46.0 Å². The first-order chi connectivity index (χ1) is 8.06. The maximum atomic E-state index is 11.4. The number of nitrogens with zero attached hydrogens (tertiary/aromatic N) is 1. The third-order valence-corrected chi connectivity index (χ3v) is 3.18. The lowest BCUT2D eigenvalue weighted by Crippen LogP contribution is -2.17. The molecule has 0 aromatic heterocycles. The Balaban J connectivity index is 2.33. The van der Waals surface area contributed by atoms with Gasteiger partial charge in [-0.3, -0.25) is 14.9 Å². The predicted octanol–water partition coefficient (Wildman–Crippen LogP) is 2.08. The number of thioether (sulfide) groups is 1. The van der Waals surface area contributed by atoms with E-state index in [9.17, 15) is 14.9 Å². The monoisotopic (exact) mass is 266 g/mol. The van der Waals surface area contributed by atoms with Crippen molar-refractivity contribution in [1.82, 2.24) is 5.32 Å². The Bertz CT molecular complexity index is 554. The van der Waals surface area contributed by atoms with Crippen LogP contribution < -0.4 is 5.32 Å². The number of rotatable bonds is 2. The summed E-state index contributed by atoms with van der Waals surface area (Å²) in [6, 6.07) is 6.06. The Kier molecular flexibility index (Phi) is 3.21. The first kappa shape index (κ1) is 11.7. The number of non-ortho nitro benzene ring substituents is 1. The highest BCUT2D eigenvalue weighted by Gasteiger charge is 2.22. The van der Waals surface area contributed by atoms with Crippen LogP contribution in [0.4, 0.5) is 5.69 Å². The van der Waals surface area contributed by atoms with Crippen LogP contribution in [0.3, 0.4) is 0 Å². The van der Waals surface area contributed by atoms with Crippen molar-refractivity contribution in [2.45, 2.75) is 0 Å². The molecule has 0 aliphatic carbocycles. The molecule has 0 radical (unpaired) electrons. The van der Waals surface area contributed by atoms with Gasteiger partial charge in [-0.2, -0.15) is 0 Å². The molecule has 0 unspecified atom stereocenters. The zero-order chi connectivity index (χ0) is 12.4. The molecular weight excluding hydrogens is 260 g/mol. The van der Waals surface area contributed by atoms with Crippen LogP contribution in [-0.4, -0.2) is 15.2 Å². The highest BCUT2D eigenvalue weighted by Crippen LogP contribution is 2.26. The summed E-state index contributed by atoms with van der Waals surface area (Å²) in [5.41, 5.74) is 0.590. The average molecular weight is 266 g/mol. The number of carbonyl (C=O) groups excluding carboxylic acids is 1. The van der Waals surface area contributed by atoms with Crippen LogP contribution in [0.5, 0.6) is 0 Å². The third kappa shape index (κ3) is 2.69. The first-order valence-corrected chi connectivity index (χ1v) is 5.78. The van der Waals surface area contributed by atoms with Crippen molar-refractivity contribution in [3.8, 4) is 0 Å². The fourth-order valence-electron chi connectivity index (χ4n) is 1.30. The van der Waals surface area contributed by atoms with E-state index >= 15 is 0 Å². The van der Waals surface area contributed by atoms with Gasteiger partial charge in [0.05, 0.1) is 9.83 Å². The highest BCUT2D eigenvalue weighted by molar-refractivity contribution is 8.26. The SMILES string of the molecule is O=C1NC(=S)S/C1=C/c1cccc([N+](=O)[O-])c1. The number of thiocarbonyl (C=S) groups is 1. The molecule has 0 atom stereocenters. The maximum absolute atomic E-state index is 11.4. The summed E-state index contributed by atoms with van der Waals surface area (Å²) in [5.74, 6) is -0.272. The Labute approximate surface area is 106 Å². The van der Waals surface area contributed by atoms with Gasteiger partial charge in [-0.1, -0.05) is 36.1 Å². The lowest BCUT2D eigenvalue weighted by Gasteiger charge is -1.95. The standard InChI is InChI=1S/C10H6N2O3S2/c13-9-8(17-10(16)11-9)5-6-2-1-3-7(4-6)12(14)15/h1-5H,(H,11,13,16)/b8-5+. The second-order valence-electron chi connectivity index (χ2n) is 3.20. The number of nitro benzene ring substituents is 1. The normalized spacial score (nSPS) is 17.3. The van der Waals surface area contributed by atoms with Gasteiger partial charge in [-0.05, 0) is 11.6 Å². The molecule has 17 heavy (non-hydrogen) atoms. The molecular formula is C10H6N2O3S2. The van der Waals surface area contributed by atoms with E-state index in [1.807, 2.05) is 0 Å². The van der Waals surface area contributed by atoms with Crippen LogP contribution in [0.1, 0.15) is 5.56 Å². The van der Waals surface area contributed by atoms with Crippen LogP contribution in [-0.2, 0) is 4.79 Å². The minimum Gasteiger partial charge on any atom is -0.307 e. The van der Waals surface area contributed by atoms with Crippen LogP contribution in [0.25, 0.3) is 6.08 Å². The molecule has 0 saturated carbocycles. The number of carbonyl (C=O) groups is 1. The molecule has 2 rings (SSSR count). The molecule has 1 fully saturated rings. The number of hydrogen-bond acceptors (Lipinski definition) is 5. The predicted molar refractivity (Wildman–Crippen MR) is 69.4 cm³/mol. The summed E-state index contributed by atoms with van der Waals surface area (Å²) < 4.78 is 0.395. The molecule has 0 bridgehead atoms. The summed E-state index contributed by atoms with van der Waals surface area (Å²) in [6.07, 6.45) is 1.58. The Morgan fingerprint density at radius 2 is 2.24 bits per heavy atom. The summed E-state index contributed by atoms with van der Waals surface area (Å²) in [7, 11) is 0. The third-order valence-electron chi connectivity index (χ3n) is 2.02. The van der Waals surface area contributed by atoms with Gasteiger partial charge in [-0.15, -0.1) is 0 Å². The largest absolute Gasteiger partial charge is 0.307 e. The fourth-order valence-corrected chi connectivity index (χ4v) is 2.34. The molecule has 0 spiro atoms. The van der Waals surface area contributed by atoms with E-state index in [4.69, 9.17) is 12.2 Å². The van der Waals surface area contributed by atoms with Crippen LogP contribution in [0.2, 0.25) is 0 Å². The zero-order valence-electron chi connectivity index (χ0n) is 8.38. The number of nitrogens with one attached hydrogen (secondary N) is 1. The van der Waals surface area contributed by atoms with E-state index in [2.05, 4.69) is 5.32 Å². The fraction of sp³-hybridized carbons (Fsp3) is 0. The summed E-state index contributed by atoms with van der Waals surface area (Å²) in [6.45, 7) is 0. The quantitative estimate of drug-likeness (QED) is 0.384. The van der Waals surface area contributed by atoms with Crippen molar-refractivity contribution in [3.63, 3.8) is 0 Å². The van der Waals surface area contributed by atoms with Gasteiger partial charge in [0.25, 0.3) is 11.6 Å². The molecule has 1 aliphatic rings. The Morgan fingerprint density at radius 3 is 2.82 bits per heavy atom. The number of nitro groups is 1. The summed E-state index contributed by atoms with van der Waals surface area (Å²) in [5, 5.41) is 13.1. The van der Waals surface area contributed by atoms with Crippen molar-refractivity contribution in [1.29, 1.82) is 0 Å². The molecule has 1 heterocycles. The molecule has 5 nitrogen and oxygen atoms in total. The number of benzene rings is 1. The smallest absolute Gasteiger partial charge is 0.270 e. The van der Waals surface area contributed by atoms with E-state index in [1.165, 1.54) is 12.1 Å². The van der Waals surface area contributed by atoms with Crippen LogP contribution in [0.15, 0.2) is 29.2 Å². The van der Waals surface area contributed by atoms with E-state index in [-0.39, 0.29) is 11.6 Å². The lowest BCUT2D eigenvalue weighted by molar-refractivity contribution is -0.384.